The average molecular weight is 382 g/mol. The molecule has 1 aliphatic heterocycles. The summed E-state index contributed by atoms with van der Waals surface area (Å²) in [5, 5.41) is 19.6. The van der Waals surface area contributed by atoms with Crippen molar-refractivity contribution in [1.82, 2.24) is 4.90 Å². The van der Waals surface area contributed by atoms with E-state index in [0.717, 1.165) is 5.56 Å². The van der Waals surface area contributed by atoms with E-state index in [1.165, 1.54) is 42.0 Å². The van der Waals surface area contributed by atoms with Crippen LogP contribution in [0, 0.1) is 0 Å². The summed E-state index contributed by atoms with van der Waals surface area (Å²) in [6.07, 6.45) is 3.36. The van der Waals surface area contributed by atoms with Crippen LogP contribution in [-0.2, 0) is 4.79 Å². The number of hydrogen-bond donors (Lipinski definition) is 2. The summed E-state index contributed by atoms with van der Waals surface area (Å²) in [7, 11) is 1.47. The molecule has 0 bridgehead atoms. The third kappa shape index (κ3) is 4.15. The van der Waals surface area contributed by atoms with Gasteiger partial charge in [-0.2, -0.15) is 0 Å². The van der Waals surface area contributed by atoms with Crippen molar-refractivity contribution in [3.05, 3.63) is 65.6 Å². The first-order valence-electron chi connectivity index (χ1n) is 8.09. The molecule has 2 N–H and O–H groups in total. The van der Waals surface area contributed by atoms with Gasteiger partial charge in [-0.1, -0.05) is 12.1 Å². The maximum absolute atomic E-state index is 12.8. The van der Waals surface area contributed by atoms with Gasteiger partial charge in [0.05, 0.1) is 17.7 Å². The van der Waals surface area contributed by atoms with Gasteiger partial charge in [-0.25, -0.2) is 4.99 Å². The van der Waals surface area contributed by atoms with Crippen molar-refractivity contribution >= 4 is 34.6 Å². The van der Waals surface area contributed by atoms with Crippen molar-refractivity contribution in [3.63, 3.8) is 0 Å². The molecule has 1 amide bonds. The van der Waals surface area contributed by atoms with E-state index < -0.39 is 0 Å². The molecule has 1 heterocycles. The fourth-order valence-corrected chi connectivity index (χ4v) is 3.46. The number of ether oxygens (including phenoxy) is 1. The van der Waals surface area contributed by atoms with E-state index in [0.29, 0.717) is 28.1 Å². The van der Waals surface area contributed by atoms with Gasteiger partial charge >= 0.3 is 0 Å². The van der Waals surface area contributed by atoms with Crippen molar-refractivity contribution in [1.29, 1.82) is 0 Å². The molecule has 1 saturated heterocycles. The molecule has 0 saturated carbocycles. The molecule has 0 spiro atoms. The first-order valence-corrected chi connectivity index (χ1v) is 8.90. The van der Waals surface area contributed by atoms with Crippen LogP contribution in [-0.4, -0.2) is 39.8 Å². The van der Waals surface area contributed by atoms with Gasteiger partial charge in [-0.05, 0) is 59.8 Å². The van der Waals surface area contributed by atoms with Gasteiger partial charge in [0.2, 0.25) is 0 Å². The quantitative estimate of drug-likeness (QED) is 0.605. The standard InChI is InChI=1S/C20H18N2O4S/c1-3-10-22-19(25)18(12-13-4-9-16(24)17(11-13)26-2)27-20(22)21-14-5-7-15(23)8-6-14/h3-9,11-12,23-24H,1,10H2,2H3. The molecule has 0 radical (unpaired) electrons. The van der Waals surface area contributed by atoms with E-state index in [-0.39, 0.29) is 17.4 Å². The van der Waals surface area contributed by atoms with Gasteiger partial charge in [-0.3, -0.25) is 9.69 Å². The van der Waals surface area contributed by atoms with Crippen molar-refractivity contribution < 1.29 is 19.7 Å². The zero-order valence-electron chi connectivity index (χ0n) is 14.6. The summed E-state index contributed by atoms with van der Waals surface area (Å²) >= 11 is 1.25. The highest BCUT2D eigenvalue weighted by atomic mass is 32.2. The van der Waals surface area contributed by atoms with Gasteiger partial charge in [0.1, 0.15) is 5.75 Å². The number of rotatable bonds is 5. The van der Waals surface area contributed by atoms with Crippen LogP contribution in [0.5, 0.6) is 17.2 Å². The summed E-state index contributed by atoms with van der Waals surface area (Å²) < 4.78 is 5.11. The minimum atomic E-state index is -0.176. The number of carbonyl (C=O) groups excluding carboxylic acids is 1. The van der Waals surface area contributed by atoms with Gasteiger partial charge in [-0.15, -0.1) is 6.58 Å². The summed E-state index contributed by atoms with van der Waals surface area (Å²) in [5.74, 6) is 0.344. The van der Waals surface area contributed by atoms with Crippen LogP contribution >= 0.6 is 11.8 Å². The highest BCUT2D eigenvalue weighted by Gasteiger charge is 2.32. The Labute approximate surface area is 161 Å². The average Bonchev–Trinajstić information content (AvgIpc) is 2.94. The predicted molar refractivity (Wildman–Crippen MR) is 107 cm³/mol. The highest BCUT2D eigenvalue weighted by Crippen LogP contribution is 2.35. The molecule has 1 fully saturated rings. The van der Waals surface area contributed by atoms with Gasteiger partial charge < -0.3 is 14.9 Å². The summed E-state index contributed by atoms with van der Waals surface area (Å²) in [6, 6.07) is 11.3. The first-order chi connectivity index (χ1) is 13.0. The van der Waals surface area contributed by atoms with E-state index >= 15 is 0 Å². The maximum atomic E-state index is 12.8. The Morgan fingerprint density at radius 2 is 1.96 bits per heavy atom. The van der Waals surface area contributed by atoms with E-state index in [1.807, 2.05) is 0 Å². The van der Waals surface area contributed by atoms with Crippen molar-refractivity contribution in [2.24, 2.45) is 4.99 Å². The van der Waals surface area contributed by atoms with E-state index in [4.69, 9.17) is 4.74 Å². The normalized spacial score (nSPS) is 16.9. The minimum Gasteiger partial charge on any atom is -0.508 e. The largest absolute Gasteiger partial charge is 0.508 e. The topological polar surface area (TPSA) is 82.4 Å². The number of amides is 1. The van der Waals surface area contributed by atoms with Crippen molar-refractivity contribution in [3.8, 4) is 17.2 Å². The van der Waals surface area contributed by atoms with Crippen LogP contribution in [0.2, 0.25) is 0 Å². The number of phenolic OH excluding ortho intramolecular Hbond substituents is 2. The smallest absolute Gasteiger partial charge is 0.267 e. The van der Waals surface area contributed by atoms with Gasteiger partial charge in [0.15, 0.2) is 16.7 Å². The fourth-order valence-electron chi connectivity index (χ4n) is 2.45. The number of carbonyl (C=O) groups is 1. The Balaban J connectivity index is 1.95. The van der Waals surface area contributed by atoms with Gasteiger partial charge in [0.25, 0.3) is 5.91 Å². The zero-order valence-corrected chi connectivity index (χ0v) is 15.4. The molecular formula is C20H18N2O4S. The number of thioether (sulfide) groups is 1. The van der Waals surface area contributed by atoms with Crippen molar-refractivity contribution in [2.45, 2.75) is 0 Å². The Morgan fingerprint density at radius 1 is 1.22 bits per heavy atom. The first kappa shape index (κ1) is 18.6. The second-order valence-corrected chi connectivity index (χ2v) is 6.67. The monoisotopic (exact) mass is 382 g/mol. The number of amidine groups is 1. The number of phenols is 2. The molecule has 2 aromatic rings. The fraction of sp³-hybridized carbons (Fsp3) is 0.100. The Kier molecular flexibility index (Phi) is 5.52. The molecule has 6 nitrogen and oxygen atoms in total. The lowest BCUT2D eigenvalue weighted by atomic mass is 10.2. The summed E-state index contributed by atoms with van der Waals surface area (Å²) in [6.45, 7) is 4.03. The predicted octanol–water partition coefficient (Wildman–Crippen LogP) is 3.90. The molecule has 3 rings (SSSR count). The molecule has 7 heteroatoms. The number of hydrogen-bond acceptors (Lipinski definition) is 6. The molecule has 0 atom stereocenters. The van der Waals surface area contributed by atoms with Crippen molar-refractivity contribution in [2.75, 3.05) is 13.7 Å². The Hall–Kier alpha value is -3.19. The van der Waals surface area contributed by atoms with E-state index in [9.17, 15) is 15.0 Å². The number of benzene rings is 2. The Bertz CT molecular complexity index is 935. The summed E-state index contributed by atoms with van der Waals surface area (Å²) in [4.78, 5) is 19.3. The number of methoxy groups -OCH3 is 1. The lowest BCUT2D eigenvalue weighted by molar-refractivity contribution is -0.121. The van der Waals surface area contributed by atoms with Gasteiger partial charge in [0, 0.05) is 6.54 Å². The third-order valence-corrected chi connectivity index (χ3v) is 4.78. The van der Waals surface area contributed by atoms with E-state index in [2.05, 4.69) is 11.6 Å². The minimum absolute atomic E-state index is 0.0351. The highest BCUT2D eigenvalue weighted by molar-refractivity contribution is 8.18. The molecule has 27 heavy (non-hydrogen) atoms. The summed E-state index contributed by atoms with van der Waals surface area (Å²) in [5.41, 5.74) is 1.36. The molecule has 0 aromatic heterocycles. The SMILES string of the molecule is C=CCN1C(=O)C(=Cc2ccc(O)c(OC)c2)SC1=Nc1ccc(O)cc1. The van der Waals surface area contributed by atoms with Crippen LogP contribution in [0.3, 0.4) is 0 Å². The molecular weight excluding hydrogens is 364 g/mol. The maximum Gasteiger partial charge on any atom is 0.267 e. The molecule has 0 aliphatic carbocycles. The third-order valence-electron chi connectivity index (χ3n) is 3.78. The number of nitrogens with zero attached hydrogens (tertiary/aromatic N) is 2. The molecule has 138 valence electrons. The second-order valence-electron chi connectivity index (χ2n) is 5.66. The lowest BCUT2D eigenvalue weighted by Gasteiger charge is -2.12. The lowest BCUT2D eigenvalue weighted by Crippen LogP contribution is -2.29. The van der Waals surface area contributed by atoms with Crippen LogP contribution in [0.15, 0.2) is 65.0 Å². The van der Waals surface area contributed by atoms with E-state index in [1.54, 1.807) is 36.4 Å². The number of aliphatic imine (C=N–C) groups is 1. The van der Waals surface area contributed by atoms with Crippen LogP contribution in [0.1, 0.15) is 5.56 Å². The zero-order chi connectivity index (χ0) is 19.4. The van der Waals surface area contributed by atoms with Crippen LogP contribution in [0.25, 0.3) is 6.08 Å². The molecule has 1 aliphatic rings. The molecule has 2 aromatic carbocycles. The van der Waals surface area contributed by atoms with Crippen LogP contribution < -0.4 is 4.74 Å². The second kappa shape index (κ2) is 8.01. The molecule has 0 unspecified atom stereocenters. The number of aromatic hydroxyl groups is 2. The van der Waals surface area contributed by atoms with Crippen LogP contribution in [0.4, 0.5) is 5.69 Å². The Morgan fingerprint density at radius 3 is 2.63 bits per heavy atom.